The average molecular weight is 486 g/mol. The Bertz CT molecular complexity index is 1280. The van der Waals surface area contributed by atoms with E-state index in [1.807, 2.05) is 12.4 Å². The normalized spacial score (nSPS) is 21.4. The summed E-state index contributed by atoms with van der Waals surface area (Å²) in [6, 6.07) is 8.32. The van der Waals surface area contributed by atoms with E-state index in [-0.39, 0.29) is 23.2 Å². The molecule has 9 heteroatoms. The van der Waals surface area contributed by atoms with E-state index in [2.05, 4.69) is 21.8 Å². The molecule has 0 N–H and O–H groups in total. The molecule has 2 aromatic carbocycles. The maximum Gasteiger partial charge on any atom is 0.225 e. The van der Waals surface area contributed by atoms with Crippen molar-refractivity contribution in [2.45, 2.75) is 18.2 Å². The molecule has 2 heterocycles. The number of hydrogen-bond donors (Lipinski definition) is 0. The number of piperidine rings is 1. The van der Waals surface area contributed by atoms with Crippen LogP contribution in [0.5, 0.6) is 5.75 Å². The molecule has 3 atom stereocenters. The zero-order valence-corrected chi connectivity index (χ0v) is 19.7. The first-order valence-corrected chi connectivity index (χ1v) is 13.1. The fourth-order valence-corrected chi connectivity index (χ4v) is 5.32. The van der Waals surface area contributed by atoms with Crippen molar-refractivity contribution in [1.82, 2.24) is 9.97 Å². The number of hydrogen-bond acceptors (Lipinski definition) is 6. The highest BCUT2D eigenvalue weighted by molar-refractivity contribution is 7.90. The summed E-state index contributed by atoms with van der Waals surface area (Å²) in [6.07, 6.45) is 5.70. The molecular formula is C25H25F2N3O3S. The van der Waals surface area contributed by atoms with Crippen LogP contribution in [0.3, 0.4) is 0 Å². The Kier molecular flexibility index (Phi) is 5.75. The first-order valence-electron chi connectivity index (χ1n) is 11.2. The second-order valence-corrected chi connectivity index (χ2v) is 11.0. The number of aromatic nitrogens is 2. The van der Waals surface area contributed by atoms with Gasteiger partial charge in [-0.3, -0.25) is 0 Å². The monoisotopic (exact) mass is 485 g/mol. The highest BCUT2D eigenvalue weighted by Gasteiger charge is 2.56. The van der Waals surface area contributed by atoms with E-state index in [1.54, 1.807) is 0 Å². The van der Waals surface area contributed by atoms with Crippen LogP contribution in [0.4, 0.5) is 14.7 Å². The first kappa shape index (κ1) is 22.7. The number of ether oxygens (including phenoxy) is 1. The van der Waals surface area contributed by atoms with Gasteiger partial charge in [-0.05, 0) is 59.2 Å². The van der Waals surface area contributed by atoms with Gasteiger partial charge < -0.3 is 9.64 Å². The fourth-order valence-electron chi connectivity index (χ4n) is 4.69. The molecule has 34 heavy (non-hydrogen) atoms. The first-order chi connectivity index (χ1) is 16.2. The van der Waals surface area contributed by atoms with Crippen LogP contribution in [0.25, 0.3) is 11.1 Å². The van der Waals surface area contributed by atoms with Gasteiger partial charge >= 0.3 is 0 Å². The van der Waals surface area contributed by atoms with Gasteiger partial charge in [0, 0.05) is 37.7 Å². The van der Waals surface area contributed by atoms with Gasteiger partial charge in [0.2, 0.25) is 5.95 Å². The van der Waals surface area contributed by atoms with Gasteiger partial charge in [-0.25, -0.2) is 27.2 Å². The number of fused-ring (bicyclic) bond motifs is 1. The van der Waals surface area contributed by atoms with E-state index in [0.717, 1.165) is 37.3 Å². The zero-order chi connectivity index (χ0) is 24.0. The minimum atomic E-state index is -3.34. The molecule has 0 amide bonds. The summed E-state index contributed by atoms with van der Waals surface area (Å²) in [4.78, 5) is 11.2. The molecule has 6 nitrogen and oxygen atoms in total. The summed E-state index contributed by atoms with van der Waals surface area (Å²) in [6.45, 7) is 3.95. The minimum Gasteiger partial charge on any atom is -0.487 e. The Morgan fingerprint density at radius 3 is 2.12 bits per heavy atom. The van der Waals surface area contributed by atoms with Gasteiger partial charge in [-0.1, -0.05) is 19.1 Å². The standard InChI is InChI=1S/C25H25F2N3O3S/c1-3-15-10-28-25(29-11-15)30-12-19-20(13-30)21(19)14-33-24-22(26)8-17(9-23(24)27)16-4-6-18(7-5-16)34(2,31)32/h4-11,19-21H,3,12-14H2,1-2H3/t19-,20?,21?/m1/s1. The topological polar surface area (TPSA) is 72.4 Å². The molecule has 3 aromatic rings. The summed E-state index contributed by atoms with van der Waals surface area (Å²) >= 11 is 0. The lowest BCUT2D eigenvalue weighted by molar-refractivity contribution is 0.257. The van der Waals surface area contributed by atoms with Crippen LogP contribution in [0.15, 0.2) is 53.7 Å². The quantitative estimate of drug-likeness (QED) is 0.501. The Morgan fingerprint density at radius 2 is 1.59 bits per heavy atom. The molecule has 0 radical (unpaired) electrons. The summed E-state index contributed by atoms with van der Waals surface area (Å²) in [5.41, 5.74) is 1.93. The SMILES string of the molecule is CCc1cnc(N2CC3C(COc4c(F)cc(-c5ccc(S(C)(=O)=O)cc5)cc4F)[C@@H]3C2)nc1. The summed E-state index contributed by atoms with van der Waals surface area (Å²) in [7, 11) is -3.34. The van der Waals surface area contributed by atoms with E-state index in [0.29, 0.717) is 23.0 Å². The summed E-state index contributed by atoms with van der Waals surface area (Å²) < 4.78 is 58.2. The smallest absolute Gasteiger partial charge is 0.225 e. The zero-order valence-electron chi connectivity index (χ0n) is 18.9. The van der Waals surface area contributed by atoms with Crippen molar-refractivity contribution in [1.29, 1.82) is 0 Å². The molecule has 1 aliphatic heterocycles. The van der Waals surface area contributed by atoms with Crippen LogP contribution >= 0.6 is 0 Å². The number of nitrogens with zero attached hydrogens (tertiary/aromatic N) is 3. The molecule has 5 rings (SSSR count). The van der Waals surface area contributed by atoms with Crippen molar-refractivity contribution in [3.05, 3.63) is 66.0 Å². The molecule has 0 spiro atoms. The molecule has 2 unspecified atom stereocenters. The van der Waals surface area contributed by atoms with Crippen molar-refractivity contribution in [2.75, 3.05) is 30.9 Å². The Morgan fingerprint density at radius 1 is 1.00 bits per heavy atom. The number of benzene rings is 2. The molecular weight excluding hydrogens is 460 g/mol. The fraction of sp³-hybridized carbons (Fsp3) is 0.360. The summed E-state index contributed by atoms with van der Waals surface area (Å²) in [5, 5.41) is 0. The predicted octanol–water partition coefficient (Wildman–Crippen LogP) is 4.15. The van der Waals surface area contributed by atoms with Gasteiger partial charge in [0.05, 0.1) is 11.5 Å². The van der Waals surface area contributed by atoms with Crippen LogP contribution in [-0.2, 0) is 16.3 Å². The molecule has 178 valence electrons. The van der Waals surface area contributed by atoms with Gasteiger partial charge in [-0.15, -0.1) is 0 Å². The van der Waals surface area contributed by atoms with Crippen molar-refractivity contribution in [2.24, 2.45) is 17.8 Å². The lowest BCUT2D eigenvalue weighted by Gasteiger charge is -2.20. The maximum absolute atomic E-state index is 14.7. The van der Waals surface area contributed by atoms with Crippen LogP contribution in [0, 0.1) is 29.4 Å². The van der Waals surface area contributed by atoms with E-state index in [4.69, 9.17) is 4.74 Å². The van der Waals surface area contributed by atoms with Gasteiger partial charge in [0.1, 0.15) is 0 Å². The van der Waals surface area contributed by atoms with Crippen LogP contribution in [0.1, 0.15) is 12.5 Å². The molecule has 1 aliphatic carbocycles. The van der Waals surface area contributed by atoms with E-state index in [1.165, 1.54) is 36.4 Å². The number of sulfone groups is 1. The van der Waals surface area contributed by atoms with E-state index < -0.39 is 21.5 Å². The third kappa shape index (κ3) is 4.36. The second-order valence-electron chi connectivity index (χ2n) is 9.02. The highest BCUT2D eigenvalue weighted by atomic mass is 32.2. The second kappa shape index (κ2) is 8.61. The van der Waals surface area contributed by atoms with Crippen molar-refractivity contribution in [3.8, 4) is 16.9 Å². The number of rotatable bonds is 7. The lowest BCUT2D eigenvalue weighted by atomic mass is 10.1. The van der Waals surface area contributed by atoms with Gasteiger partial charge in [-0.2, -0.15) is 0 Å². The third-order valence-electron chi connectivity index (χ3n) is 6.79. The highest BCUT2D eigenvalue weighted by Crippen LogP contribution is 2.52. The molecule has 0 bridgehead atoms. The van der Waals surface area contributed by atoms with Gasteiger partial charge in [0.15, 0.2) is 27.2 Å². The minimum absolute atomic E-state index is 0.148. The Balaban J connectivity index is 1.20. The molecule has 1 saturated carbocycles. The molecule has 1 aromatic heterocycles. The Hall–Kier alpha value is -3.07. The van der Waals surface area contributed by atoms with E-state index >= 15 is 0 Å². The van der Waals surface area contributed by atoms with Crippen LogP contribution in [0.2, 0.25) is 0 Å². The number of aryl methyl sites for hydroxylation is 1. The number of anilines is 1. The van der Waals surface area contributed by atoms with Crippen molar-refractivity contribution < 1.29 is 21.9 Å². The lowest BCUT2D eigenvalue weighted by Crippen LogP contribution is -2.27. The maximum atomic E-state index is 14.7. The van der Waals surface area contributed by atoms with Crippen molar-refractivity contribution >= 4 is 15.8 Å². The average Bonchev–Trinajstić information content (AvgIpc) is 3.26. The van der Waals surface area contributed by atoms with Crippen molar-refractivity contribution in [3.63, 3.8) is 0 Å². The van der Waals surface area contributed by atoms with Gasteiger partial charge in [0.25, 0.3) is 0 Å². The molecule has 2 fully saturated rings. The largest absolute Gasteiger partial charge is 0.487 e. The van der Waals surface area contributed by atoms with E-state index in [9.17, 15) is 17.2 Å². The summed E-state index contributed by atoms with van der Waals surface area (Å²) in [5.74, 6) is -0.134. The molecule has 1 saturated heterocycles. The predicted molar refractivity (Wildman–Crippen MR) is 124 cm³/mol. The Labute approximate surface area is 197 Å². The van der Waals surface area contributed by atoms with Crippen LogP contribution < -0.4 is 9.64 Å². The van der Waals surface area contributed by atoms with Crippen LogP contribution in [-0.4, -0.2) is 44.3 Å². The third-order valence-corrected chi connectivity index (χ3v) is 7.92. The number of halogens is 2. The molecule has 2 aliphatic rings.